The minimum atomic E-state index is -1.38. The Morgan fingerprint density at radius 2 is 1.86 bits per heavy atom. The number of rotatable bonds is 10. The van der Waals surface area contributed by atoms with Gasteiger partial charge in [0, 0.05) is 24.4 Å². The fraction of sp³-hybridized carbons (Fsp3) is 0.600. The monoisotopic (exact) mass is 301 g/mol. The van der Waals surface area contributed by atoms with Crippen molar-refractivity contribution in [2.24, 2.45) is 5.11 Å². The zero-order chi connectivity index (χ0) is 16.3. The van der Waals surface area contributed by atoms with E-state index in [1.54, 1.807) is 0 Å². The van der Waals surface area contributed by atoms with E-state index in [-0.39, 0.29) is 25.9 Å². The molecule has 0 aliphatic carbocycles. The predicted molar refractivity (Wildman–Crippen MR) is 68.1 cm³/mol. The van der Waals surface area contributed by atoms with Gasteiger partial charge in [-0.15, -0.1) is 0 Å². The lowest BCUT2D eigenvalue weighted by Gasteiger charge is -2.13. The van der Waals surface area contributed by atoms with Gasteiger partial charge in [-0.05, 0) is 12.0 Å². The lowest BCUT2D eigenvalue weighted by atomic mass is 10.1. The summed E-state index contributed by atoms with van der Waals surface area (Å²) in [5.41, 5.74) is 8.01. The summed E-state index contributed by atoms with van der Waals surface area (Å²) < 4.78 is 0. The molecule has 0 rings (SSSR count). The molecule has 21 heavy (non-hydrogen) atoms. The van der Waals surface area contributed by atoms with Crippen molar-refractivity contribution in [2.45, 2.75) is 25.3 Å². The number of amides is 2. The second kappa shape index (κ2) is 10.0. The number of carboxylic acid groups (broad SMARTS) is 2. The van der Waals surface area contributed by atoms with E-state index in [1.165, 1.54) is 0 Å². The number of nitrogens with one attached hydrogen (secondary N) is 2. The van der Waals surface area contributed by atoms with Crippen LogP contribution in [0.4, 0.5) is 0 Å². The van der Waals surface area contributed by atoms with Gasteiger partial charge in [0.1, 0.15) is 12.5 Å². The maximum absolute atomic E-state index is 11.4. The fourth-order valence-electron chi connectivity index (χ4n) is 1.29. The smallest absolute Gasteiger partial charge is 0.326 e. The first kappa shape index (κ1) is 18.2. The molecule has 0 heterocycles. The first-order chi connectivity index (χ1) is 9.86. The number of carbonyl (C=O) groups is 4. The Morgan fingerprint density at radius 1 is 1.19 bits per heavy atom. The Balaban J connectivity index is 4.17. The van der Waals surface area contributed by atoms with Crippen LogP contribution in [0.3, 0.4) is 0 Å². The molecule has 0 aromatic rings. The SMILES string of the molecule is [N-]=[N+]=NCCNC(=O)CCC(NC(=O)CC(=O)O)C(=O)O. The van der Waals surface area contributed by atoms with E-state index >= 15 is 0 Å². The summed E-state index contributed by atoms with van der Waals surface area (Å²) >= 11 is 0. The van der Waals surface area contributed by atoms with Crippen LogP contribution < -0.4 is 10.6 Å². The van der Waals surface area contributed by atoms with Crippen LogP contribution in [0.5, 0.6) is 0 Å². The highest BCUT2D eigenvalue weighted by Gasteiger charge is 2.21. The topological polar surface area (TPSA) is 182 Å². The average Bonchev–Trinajstić information content (AvgIpc) is 2.38. The van der Waals surface area contributed by atoms with Gasteiger partial charge in [0.05, 0.1) is 0 Å². The second-order valence-corrected chi connectivity index (χ2v) is 3.87. The highest BCUT2D eigenvalue weighted by Crippen LogP contribution is 1.99. The van der Waals surface area contributed by atoms with Gasteiger partial charge in [-0.3, -0.25) is 14.4 Å². The second-order valence-electron chi connectivity index (χ2n) is 3.87. The Hall–Kier alpha value is -2.81. The molecule has 2 amide bonds. The molecule has 0 bridgehead atoms. The number of azide groups is 1. The summed E-state index contributed by atoms with van der Waals surface area (Å²) in [6.45, 7) is 0.186. The van der Waals surface area contributed by atoms with E-state index in [0.29, 0.717) is 0 Å². The van der Waals surface area contributed by atoms with Crippen LogP contribution in [-0.2, 0) is 19.2 Å². The largest absolute Gasteiger partial charge is 0.481 e. The summed E-state index contributed by atoms with van der Waals surface area (Å²) in [6, 6.07) is -1.35. The minimum Gasteiger partial charge on any atom is -0.481 e. The molecule has 0 spiro atoms. The Bertz CT molecular complexity index is 459. The molecule has 11 heteroatoms. The molecule has 116 valence electrons. The molecule has 1 unspecified atom stereocenters. The minimum absolute atomic E-state index is 0.0694. The van der Waals surface area contributed by atoms with Crippen LogP contribution in [-0.4, -0.2) is 53.1 Å². The number of hydrogen-bond donors (Lipinski definition) is 4. The van der Waals surface area contributed by atoms with Crippen LogP contribution in [0.25, 0.3) is 10.4 Å². The number of hydrogen-bond acceptors (Lipinski definition) is 5. The third kappa shape index (κ3) is 9.73. The van der Waals surface area contributed by atoms with E-state index < -0.39 is 36.2 Å². The van der Waals surface area contributed by atoms with E-state index in [9.17, 15) is 19.2 Å². The van der Waals surface area contributed by atoms with Gasteiger partial charge in [0.25, 0.3) is 0 Å². The summed E-state index contributed by atoms with van der Waals surface area (Å²) in [6.07, 6.45) is -1.21. The summed E-state index contributed by atoms with van der Waals surface area (Å²) in [5, 5.41) is 24.9. The molecule has 0 saturated heterocycles. The first-order valence-corrected chi connectivity index (χ1v) is 5.88. The number of nitrogens with zero attached hydrogens (tertiary/aromatic N) is 3. The van der Waals surface area contributed by atoms with Gasteiger partial charge in [-0.2, -0.15) is 0 Å². The first-order valence-electron chi connectivity index (χ1n) is 5.88. The molecule has 0 aliphatic rings. The van der Waals surface area contributed by atoms with Crippen LogP contribution >= 0.6 is 0 Å². The number of carbonyl (C=O) groups excluding carboxylic acids is 2. The van der Waals surface area contributed by atoms with Crippen molar-refractivity contribution in [2.75, 3.05) is 13.1 Å². The fourth-order valence-corrected chi connectivity index (χ4v) is 1.29. The van der Waals surface area contributed by atoms with Crippen LogP contribution in [0.2, 0.25) is 0 Å². The molecule has 4 N–H and O–H groups in total. The Labute approximate surface area is 118 Å². The quantitative estimate of drug-likeness (QED) is 0.135. The maximum Gasteiger partial charge on any atom is 0.326 e. The standard InChI is InChI=1S/C10H15N5O6/c11-15-13-4-3-12-7(16)2-1-6(10(20)21)14-8(17)5-9(18)19/h6H,1-5H2,(H,12,16)(H,14,17)(H,18,19)(H,20,21). The molecule has 0 saturated carbocycles. The molecule has 11 nitrogen and oxygen atoms in total. The number of carboxylic acids is 2. The molecule has 0 fully saturated rings. The van der Waals surface area contributed by atoms with Crippen molar-refractivity contribution >= 4 is 23.8 Å². The Morgan fingerprint density at radius 3 is 2.38 bits per heavy atom. The van der Waals surface area contributed by atoms with Crippen molar-refractivity contribution in [1.29, 1.82) is 0 Å². The van der Waals surface area contributed by atoms with Crippen molar-refractivity contribution in [3.63, 3.8) is 0 Å². The van der Waals surface area contributed by atoms with E-state index in [2.05, 4.69) is 15.3 Å². The van der Waals surface area contributed by atoms with Gasteiger partial charge in [-0.25, -0.2) is 4.79 Å². The van der Waals surface area contributed by atoms with Crippen molar-refractivity contribution in [3.8, 4) is 0 Å². The van der Waals surface area contributed by atoms with E-state index in [0.717, 1.165) is 0 Å². The molecular weight excluding hydrogens is 286 g/mol. The highest BCUT2D eigenvalue weighted by molar-refractivity contribution is 5.95. The van der Waals surface area contributed by atoms with Crippen molar-refractivity contribution in [1.82, 2.24) is 10.6 Å². The van der Waals surface area contributed by atoms with Crippen molar-refractivity contribution < 1.29 is 29.4 Å². The zero-order valence-electron chi connectivity index (χ0n) is 11.0. The van der Waals surface area contributed by atoms with Crippen LogP contribution in [0, 0.1) is 0 Å². The average molecular weight is 301 g/mol. The molecule has 0 aromatic heterocycles. The molecule has 1 atom stereocenters. The lowest BCUT2D eigenvalue weighted by molar-refractivity contribution is -0.145. The Kier molecular flexibility index (Phi) is 8.69. The number of aliphatic carboxylic acids is 2. The van der Waals surface area contributed by atoms with Gasteiger partial charge in [0.2, 0.25) is 11.8 Å². The van der Waals surface area contributed by atoms with Gasteiger partial charge in [-0.1, -0.05) is 5.11 Å². The van der Waals surface area contributed by atoms with Crippen molar-refractivity contribution in [3.05, 3.63) is 10.4 Å². The van der Waals surface area contributed by atoms with E-state index in [4.69, 9.17) is 15.7 Å². The normalized spacial score (nSPS) is 10.9. The maximum atomic E-state index is 11.4. The molecule has 0 aliphatic heterocycles. The third-order valence-electron chi connectivity index (χ3n) is 2.20. The van der Waals surface area contributed by atoms with Gasteiger partial charge >= 0.3 is 11.9 Å². The highest BCUT2D eigenvalue weighted by atomic mass is 16.4. The summed E-state index contributed by atoms with van der Waals surface area (Å²) in [4.78, 5) is 46.2. The lowest BCUT2D eigenvalue weighted by Crippen LogP contribution is -2.42. The predicted octanol–water partition coefficient (Wildman–Crippen LogP) is -0.763. The third-order valence-corrected chi connectivity index (χ3v) is 2.20. The molecule has 0 aromatic carbocycles. The van der Waals surface area contributed by atoms with E-state index in [1.807, 2.05) is 5.32 Å². The summed E-state index contributed by atoms with van der Waals surface area (Å²) in [5.74, 6) is -4.16. The summed E-state index contributed by atoms with van der Waals surface area (Å²) in [7, 11) is 0. The molecule has 0 radical (unpaired) electrons. The van der Waals surface area contributed by atoms with Gasteiger partial charge in [0.15, 0.2) is 0 Å². The molecular formula is C10H15N5O6. The van der Waals surface area contributed by atoms with Gasteiger partial charge < -0.3 is 20.8 Å². The van der Waals surface area contributed by atoms with Crippen LogP contribution in [0.15, 0.2) is 5.11 Å². The zero-order valence-corrected chi connectivity index (χ0v) is 11.0. The van der Waals surface area contributed by atoms with Crippen LogP contribution in [0.1, 0.15) is 19.3 Å².